The first kappa shape index (κ1) is 24.4. The number of benzene rings is 1. The Bertz CT molecular complexity index is 825. The van der Waals surface area contributed by atoms with Gasteiger partial charge < -0.3 is 9.84 Å². The van der Waals surface area contributed by atoms with Gasteiger partial charge in [0, 0.05) is 11.0 Å². The molecule has 0 aromatic heterocycles. The van der Waals surface area contributed by atoms with Gasteiger partial charge in [-0.15, -0.1) is 0 Å². The lowest BCUT2D eigenvalue weighted by molar-refractivity contribution is -0.147. The number of aliphatic carboxylic acids is 1. The van der Waals surface area contributed by atoms with Crippen LogP contribution >= 0.6 is 23.2 Å². The van der Waals surface area contributed by atoms with Crippen molar-refractivity contribution in [3.63, 3.8) is 0 Å². The van der Waals surface area contributed by atoms with Crippen molar-refractivity contribution in [1.29, 1.82) is 0 Å². The van der Waals surface area contributed by atoms with Gasteiger partial charge in [-0.25, -0.2) is 0 Å². The van der Waals surface area contributed by atoms with Crippen molar-refractivity contribution in [1.82, 2.24) is 0 Å². The van der Waals surface area contributed by atoms with Crippen molar-refractivity contribution in [2.45, 2.75) is 91.1 Å². The molecule has 3 aliphatic carbocycles. The number of ether oxygens (including phenoxy) is 1. The molecule has 1 unspecified atom stereocenters. The summed E-state index contributed by atoms with van der Waals surface area (Å²) in [4.78, 5) is 24.7. The number of carboxylic acid groups (broad SMARTS) is 1. The number of carbonyl (C=O) groups excluding carboxylic acids is 1. The van der Waals surface area contributed by atoms with Crippen LogP contribution in [-0.2, 0) is 11.2 Å². The van der Waals surface area contributed by atoms with E-state index in [9.17, 15) is 9.59 Å². The van der Waals surface area contributed by atoms with E-state index in [0.29, 0.717) is 41.5 Å². The van der Waals surface area contributed by atoms with Gasteiger partial charge in [0.05, 0.1) is 10.9 Å². The molecule has 3 aliphatic rings. The Morgan fingerprint density at radius 3 is 2.42 bits per heavy atom. The lowest BCUT2D eigenvalue weighted by atomic mass is 9.68. The minimum atomic E-state index is -0.786. The number of ketones is 1. The van der Waals surface area contributed by atoms with Crippen LogP contribution in [0, 0.1) is 17.3 Å². The van der Waals surface area contributed by atoms with Gasteiger partial charge in [0.1, 0.15) is 16.9 Å². The minimum absolute atomic E-state index is 0.167. The molecular weight excluding hydrogens is 435 g/mol. The lowest BCUT2D eigenvalue weighted by Gasteiger charge is -2.34. The molecule has 2 fully saturated rings. The van der Waals surface area contributed by atoms with Gasteiger partial charge in [0.15, 0.2) is 5.78 Å². The number of rotatable bonds is 7. The number of halogens is 2. The summed E-state index contributed by atoms with van der Waals surface area (Å²) in [6.07, 6.45) is 9.08. The SMILES string of the molecule is CC.CCCCC1(C2CCCC2)Cc2cc(OC3CC(C(=O)O)C3)c(Cl)c(Cl)c2C1=O. The average molecular weight is 469 g/mol. The molecule has 31 heavy (non-hydrogen) atoms. The van der Waals surface area contributed by atoms with Crippen LogP contribution in [0.3, 0.4) is 0 Å². The number of hydrogen-bond acceptors (Lipinski definition) is 3. The van der Waals surface area contributed by atoms with Crippen LogP contribution in [0.25, 0.3) is 0 Å². The average Bonchev–Trinajstić information content (AvgIpc) is 3.35. The molecule has 1 N–H and O–H groups in total. The van der Waals surface area contributed by atoms with E-state index < -0.39 is 5.97 Å². The number of carbonyl (C=O) groups is 2. The minimum Gasteiger partial charge on any atom is -0.489 e. The highest BCUT2D eigenvalue weighted by Gasteiger charge is 2.52. The van der Waals surface area contributed by atoms with Gasteiger partial charge in [-0.2, -0.15) is 0 Å². The second kappa shape index (κ2) is 10.1. The molecule has 1 atom stereocenters. The molecule has 4 nitrogen and oxygen atoms in total. The van der Waals surface area contributed by atoms with Gasteiger partial charge in [-0.05, 0) is 56.1 Å². The number of carboxylic acids is 1. The Morgan fingerprint density at radius 2 is 1.84 bits per heavy atom. The predicted octanol–water partition coefficient (Wildman–Crippen LogP) is 7.37. The fourth-order valence-corrected chi connectivity index (χ4v) is 6.04. The van der Waals surface area contributed by atoms with Gasteiger partial charge in [0.2, 0.25) is 0 Å². The van der Waals surface area contributed by atoms with Gasteiger partial charge in [0.25, 0.3) is 0 Å². The van der Waals surface area contributed by atoms with Crippen LogP contribution in [0.2, 0.25) is 10.0 Å². The highest BCUT2D eigenvalue weighted by atomic mass is 35.5. The van der Waals surface area contributed by atoms with Crippen LogP contribution in [-0.4, -0.2) is 23.0 Å². The third-order valence-electron chi connectivity index (χ3n) is 7.29. The zero-order valence-electron chi connectivity index (χ0n) is 18.8. The van der Waals surface area contributed by atoms with Crippen LogP contribution in [0.5, 0.6) is 5.75 Å². The Hall–Kier alpha value is -1.26. The first-order valence-electron chi connectivity index (χ1n) is 11.8. The quantitative estimate of drug-likeness (QED) is 0.453. The third kappa shape index (κ3) is 4.48. The Kier molecular flexibility index (Phi) is 7.96. The summed E-state index contributed by atoms with van der Waals surface area (Å²) in [7, 11) is 0. The van der Waals surface area contributed by atoms with E-state index in [4.69, 9.17) is 33.0 Å². The molecule has 1 aromatic carbocycles. The van der Waals surface area contributed by atoms with E-state index >= 15 is 0 Å². The molecule has 0 radical (unpaired) electrons. The van der Waals surface area contributed by atoms with Crippen molar-refractivity contribution in [2.24, 2.45) is 17.3 Å². The van der Waals surface area contributed by atoms with Crippen LogP contribution < -0.4 is 4.74 Å². The topological polar surface area (TPSA) is 63.6 Å². The molecule has 0 bridgehead atoms. The number of unbranched alkanes of at least 4 members (excludes halogenated alkanes) is 1. The maximum atomic E-state index is 13.7. The van der Waals surface area contributed by atoms with E-state index in [-0.39, 0.29) is 28.2 Å². The van der Waals surface area contributed by atoms with Crippen molar-refractivity contribution in [3.05, 3.63) is 27.2 Å². The maximum Gasteiger partial charge on any atom is 0.306 e. The maximum absolute atomic E-state index is 13.7. The van der Waals surface area contributed by atoms with Crippen LogP contribution in [0.1, 0.15) is 94.5 Å². The molecular formula is C25H34Cl2O4. The van der Waals surface area contributed by atoms with E-state index in [0.717, 1.165) is 37.7 Å². The number of Topliss-reactive ketones (excluding diaryl/α,β-unsaturated/α-hetero) is 1. The monoisotopic (exact) mass is 468 g/mol. The normalized spacial score (nSPS) is 27.3. The van der Waals surface area contributed by atoms with E-state index in [1.165, 1.54) is 12.8 Å². The highest BCUT2D eigenvalue weighted by Crippen LogP contribution is 2.55. The number of hydrogen-bond donors (Lipinski definition) is 1. The highest BCUT2D eigenvalue weighted by molar-refractivity contribution is 6.45. The standard InChI is InChI=1S/C23H28Cl2O4.C2H6/c1-2-3-8-23(15-6-4-5-7-15)12-14-11-17(19(24)20(25)18(14)21(23)26)29-16-9-13(10-16)22(27)28;1-2/h11,13,15-16H,2-10,12H2,1H3,(H,27,28);1-2H3. The van der Waals surface area contributed by atoms with Gasteiger partial charge in [-0.3, -0.25) is 9.59 Å². The second-order valence-corrected chi connectivity index (χ2v) is 9.79. The molecule has 6 heteroatoms. The van der Waals surface area contributed by atoms with Crippen molar-refractivity contribution in [3.8, 4) is 5.75 Å². The summed E-state index contributed by atoms with van der Waals surface area (Å²) in [5, 5.41) is 9.64. The van der Waals surface area contributed by atoms with Gasteiger partial charge >= 0.3 is 5.97 Å². The van der Waals surface area contributed by atoms with Gasteiger partial charge in [-0.1, -0.05) is 69.7 Å². The first-order chi connectivity index (χ1) is 14.9. The van der Waals surface area contributed by atoms with E-state index in [2.05, 4.69) is 6.92 Å². The predicted molar refractivity (Wildman–Crippen MR) is 125 cm³/mol. The largest absolute Gasteiger partial charge is 0.489 e. The fourth-order valence-electron chi connectivity index (χ4n) is 5.54. The molecule has 0 aliphatic heterocycles. The summed E-state index contributed by atoms with van der Waals surface area (Å²) < 4.78 is 5.99. The van der Waals surface area contributed by atoms with Crippen LogP contribution in [0.15, 0.2) is 6.07 Å². The summed E-state index contributed by atoms with van der Waals surface area (Å²) in [6.45, 7) is 6.16. The van der Waals surface area contributed by atoms with Crippen LogP contribution in [0.4, 0.5) is 0 Å². The summed E-state index contributed by atoms with van der Waals surface area (Å²) >= 11 is 13.1. The van der Waals surface area contributed by atoms with Crippen molar-refractivity contribution >= 4 is 35.0 Å². The second-order valence-electron chi connectivity index (χ2n) is 9.03. The molecule has 0 heterocycles. The summed E-state index contributed by atoms with van der Waals surface area (Å²) in [5.41, 5.74) is 1.17. The molecule has 4 rings (SSSR count). The number of fused-ring (bicyclic) bond motifs is 1. The Morgan fingerprint density at radius 1 is 1.19 bits per heavy atom. The molecule has 2 saturated carbocycles. The molecule has 0 amide bonds. The zero-order valence-corrected chi connectivity index (χ0v) is 20.3. The zero-order chi connectivity index (χ0) is 22.8. The summed E-state index contributed by atoms with van der Waals surface area (Å²) in [5.74, 6) is -0.0770. The smallest absolute Gasteiger partial charge is 0.306 e. The summed E-state index contributed by atoms with van der Waals surface area (Å²) in [6, 6.07) is 1.89. The molecule has 172 valence electrons. The first-order valence-corrected chi connectivity index (χ1v) is 12.6. The fraction of sp³-hybridized carbons (Fsp3) is 0.680. The van der Waals surface area contributed by atoms with E-state index in [1.807, 2.05) is 19.9 Å². The lowest BCUT2D eigenvalue weighted by Crippen LogP contribution is -2.38. The molecule has 1 aromatic rings. The molecule has 0 saturated heterocycles. The Balaban J connectivity index is 0.00000132. The van der Waals surface area contributed by atoms with Crippen molar-refractivity contribution < 1.29 is 19.4 Å². The Labute approximate surface area is 195 Å². The third-order valence-corrected chi connectivity index (χ3v) is 8.14. The van der Waals surface area contributed by atoms with Crippen molar-refractivity contribution in [2.75, 3.05) is 0 Å². The van der Waals surface area contributed by atoms with E-state index in [1.54, 1.807) is 0 Å². The molecule has 0 spiro atoms.